The highest BCUT2D eigenvalue weighted by Gasteiger charge is 2.40. The summed E-state index contributed by atoms with van der Waals surface area (Å²) in [4.78, 5) is 23.8. The quantitative estimate of drug-likeness (QED) is 0.634. The van der Waals surface area contributed by atoms with E-state index in [2.05, 4.69) is 5.32 Å². The van der Waals surface area contributed by atoms with Crippen molar-refractivity contribution in [1.82, 2.24) is 10.2 Å². The number of hydrogen-bond donors (Lipinski definition) is 2. The molecule has 1 aliphatic rings. The maximum absolute atomic E-state index is 11.4. The molecule has 2 N–H and O–H groups in total. The lowest BCUT2D eigenvalue weighted by atomic mass is 9.95. The molecule has 14 heavy (non-hydrogen) atoms. The van der Waals surface area contributed by atoms with Crippen molar-refractivity contribution in [3.8, 4) is 0 Å². The summed E-state index contributed by atoms with van der Waals surface area (Å²) in [5.74, 6) is -0.274. The van der Waals surface area contributed by atoms with Gasteiger partial charge in [-0.15, -0.1) is 0 Å². The Labute approximate surface area is 83.1 Å². The number of imide groups is 1. The Bertz CT molecular complexity index is 241. The molecule has 1 atom stereocenters. The zero-order valence-electron chi connectivity index (χ0n) is 8.70. The maximum atomic E-state index is 11.4. The largest absolute Gasteiger partial charge is 0.388 e. The predicted molar refractivity (Wildman–Crippen MR) is 50.6 cm³/mol. The second-order valence-corrected chi connectivity index (χ2v) is 4.00. The zero-order chi connectivity index (χ0) is 10.9. The van der Waals surface area contributed by atoms with E-state index in [1.54, 1.807) is 13.8 Å². The number of nitrogens with one attached hydrogen (secondary N) is 1. The molecule has 1 rings (SSSR count). The molecule has 0 spiro atoms. The number of hydrogen-bond acceptors (Lipinski definition) is 3. The summed E-state index contributed by atoms with van der Waals surface area (Å²) in [5.41, 5.74) is -1.06. The molecule has 1 heterocycles. The monoisotopic (exact) mass is 200 g/mol. The van der Waals surface area contributed by atoms with E-state index in [0.29, 0.717) is 6.42 Å². The Morgan fingerprint density at radius 2 is 2.14 bits per heavy atom. The lowest BCUT2D eigenvalue weighted by Crippen LogP contribution is -2.51. The maximum Gasteiger partial charge on any atom is 0.324 e. The highest BCUT2D eigenvalue weighted by molar-refractivity contribution is 6.02. The van der Waals surface area contributed by atoms with Gasteiger partial charge in [0.05, 0.1) is 18.2 Å². The van der Waals surface area contributed by atoms with Crippen molar-refractivity contribution in [2.75, 3.05) is 6.54 Å². The van der Waals surface area contributed by atoms with E-state index in [4.69, 9.17) is 0 Å². The Hall–Kier alpha value is -1.10. The molecule has 1 saturated heterocycles. The first kappa shape index (κ1) is 11.0. The third-order valence-electron chi connectivity index (χ3n) is 2.39. The van der Waals surface area contributed by atoms with Gasteiger partial charge in [0.15, 0.2) is 0 Å². The Balaban J connectivity index is 2.89. The van der Waals surface area contributed by atoms with Gasteiger partial charge in [-0.25, -0.2) is 4.79 Å². The minimum atomic E-state index is -1.06. The number of carbonyl (C=O) groups excluding carboxylic acids is 2. The van der Waals surface area contributed by atoms with Crippen LogP contribution in [-0.4, -0.2) is 40.1 Å². The standard InChI is InChI=1S/C9H16N2O3/c1-4-6(9(2,3)14)11-7(12)5-10-8(11)13/h6,14H,4-5H2,1-3H3,(H,10,13). The van der Waals surface area contributed by atoms with Crippen molar-refractivity contribution in [3.05, 3.63) is 0 Å². The van der Waals surface area contributed by atoms with Crippen molar-refractivity contribution >= 4 is 11.9 Å². The van der Waals surface area contributed by atoms with E-state index in [0.717, 1.165) is 4.90 Å². The normalized spacial score (nSPS) is 19.9. The summed E-state index contributed by atoms with van der Waals surface area (Å²) < 4.78 is 0. The molecular formula is C9H16N2O3. The second kappa shape index (κ2) is 3.57. The van der Waals surface area contributed by atoms with Crippen LogP contribution in [0, 0.1) is 0 Å². The fourth-order valence-corrected chi connectivity index (χ4v) is 1.75. The van der Waals surface area contributed by atoms with Crippen LogP contribution >= 0.6 is 0 Å². The van der Waals surface area contributed by atoms with E-state index in [9.17, 15) is 14.7 Å². The van der Waals surface area contributed by atoms with Crippen molar-refractivity contribution in [2.45, 2.75) is 38.8 Å². The van der Waals surface area contributed by atoms with Crippen LogP contribution in [0.2, 0.25) is 0 Å². The molecule has 1 fully saturated rings. The molecule has 80 valence electrons. The van der Waals surface area contributed by atoms with E-state index >= 15 is 0 Å². The van der Waals surface area contributed by atoms with Crippen LogP contribution in [0.3, 0.4) is 0 Å². The van der Waals surface area contributed by atoms with Crippen molar-refractivity contribution in [1.29, 1.82) is 0 Å². The van der Waals surface area contributed by atoms with Gasteiger partial charge >= 0.3 is 6.03 Å². The molecule has 1 aliphatic heterocycles. The third kappa shape index (κ3) is 1.87. The summed E-state index contributed by atoms with van der Waals surface area (Å²) in [6.45, 7) is 5.06. The average molecular weight is 200 g/mol. The van der Waals surface area contributed by atoms with Gasteiger partial charge < -0.3 is 10.4 Å². The minimum Gasteiger partial charge on any atom is -0.388 e. The predicted octanol–water partition coefficient (Wildman–Crippen LogP) is 0.0877. The fourth-order valence-electron chi connectivity index (χ4n) is 1.75. The smallest absolute Gasteiger partial charge is 0.324 e. The second-order valence-electron chi connectivity index (χ2n) is 4.00. The van der Waals surface area contributed by atoms with Crippen LogP contribution < -0.4 is 5.32 Å². The van der Waals surface area contributed by atoms with E-state index in [-0.39, 0.29) is 12.5 Å². The molecule has 5 heteroatoms. The minimum absolute atomic E-state index is 0.0331. The number of urea groups is 1. The van der Waals surface area contributed by atoms with Crippen LogP contribution in [0.25, 0.3) is 0 Å². The number of carbonyl (C=O) groups is 2. The van der Waals surface area contributed by atoms with Crippen molar-refractivity contribution in [3.63, 3.8) is 0 Å². The number of rotatable bonds is 3. The van der Waals surface area contributed by atoms with Crippen LogP contribution in [0.15, 0.2) is 0 Å². The Morgan fingerprint density at radius 1 is 1.57 bits per heavy atom. The Kier molecular flexibility index (Phi) is 2.80. The number of aliphatic hydroxyl groups is 1. The lowest BCUT2D eigenvalue weighted by Gasteiger charge is -2.33. The number of nitrogens with zero attached hydrogens (tertiary/aromatic N) is 1. The van der Waals surface area contributed by atoms with E-state index < -0.39 is 17.7 Å². The molecule has 1 unspecified atom stereocenters. The van der Waals surface area contributed by atoms with Crippen molar-refractivity contribution < 1.29 is 14.7 Å². The van der Waals surface area contributed by atoms with Gasteiger partial charge in [0.2, 0.25) is 5.91 Å². The van der Waals surface area contributed by atoms with Gasteiger partial charge in [0, 0.05) is 0 Å². The molecule has 0 bridgehead atoms. The summed E-state index contributed by atoms with van der Waals surface area (Å²) in [6, 6.07) is -0.874. The summed E-state index contributed by atoms with van der Waals surface area (Å²) in [6.07, 6.45) is 0.544. The Morgan fingerprint density at radius 3 is 2.43 bits per heavy atom. The van der Waals surface area contributed by atoms with Gasteiger partial charge in [-0.1, -0.05) is 6.92 Å². The summed E-state index contributed by atoms with van der Waals surface area (Å²) in [5, 5.41) is 12.2. The zero-order valence-corrected chi connectivity index (χ0v) is 8.70. The molecule has 0 aliphatic carbocycles. The van der Waals surface area contributed by atoms with Crippen LogP contribution in [0.1, 0.15) is 27.2 Å². The molecule has 0 aromatic heterocycles. The van der Waals surface area contributed by atoms with Gasteiger partial charge in [-0.2, -0.15) is 0 Å². The molecule has 0 radical (unpaired) electrons. The van der Waals surface area contributed by atoms with E-state index in [1.807, 2.05) is 6.92 Å². The topological polar surface area (TPSA) is 69.6 Å². The summed E-state index contributed by atoms with van der Waals surface area (Å²) in [7, 11) is 0. The first-order chi connectivity index (χ1) is 6.38. The first-order valence-electron chi connectivity index (χ1n) is 4.70. The molecule has 0 saturated carbocycles. The van der Waals surface area contributed by atoms with Gasteiger partial charge in [-0.3, -0.25) is 9.69 Å². The molecular weight excluding hydrogens is 184 g/mol. The van der Waals surface area contributed by atoms with Gasteiger partial charge in [-0.05, 0) is 20.3 Å². The molecule has 0 aromatic rings. The molecule has 5 nitrogen and oxygen atoms in total. The summed E-state index contributed by atoms with van der Waals surface area (Å²) >= 11 is 0. The average Bonchev–Trinajstić information content (AvgIpc) is 2.34. The van der Waals surface area contributed by atoms with Crippen LogP contribution in [0.4, 0.5) is 4.79 Å². The van der Waals surface area contributed by atoms with Gasteiger partial charge in [0.1, 0.15) is 0 Å². The van der Waals surface area contributed by atoms with Crippen LogP contribution in [0.5, 0.6) is 0 Å². The van der Waals surface area contributed by atoms with Crippen molar-refractivity contribution in [2.24, 2.45) is 0 Å². The van der Waals surface area contributed by atoms with Crippen LogP contribution in [-0.2, 0) is 4.79 Å². The van der Waals surface area contributed by atoms with Gasteiger partial charge in [0.25, 0.3) is 0 Å². The highest BCUT2D eigenvalue weighted by atomic mass is 16.3. The van der Waals surface area contributed by atoms with E-state index in [1.165, 1.54) is 0 Å². The molecule has 0 aromatic carbocycles. The SMILES string of the molecule is CCC(N1C(=O)CNC1=O)C(C)(C)O. The highest BCUT2D eigenvalue weighted by Crippen LogP contribution is 2.20. The first-order valence-corrected chi connectivity index (χ1v) is 4.70. The lowest BCUT2D eigenvalue weighted by molar-refractivity contribution is -0.130. The molecule has 3 amide bonds. The number of amides is 3. The fraction of sp³-hybridized carbons (Fsp3) is 0.778. The third-order valence-corrected chi connectivity index (χ3v) is 2.39.